The SMILES string of the molecule is Cc1cc(C)n(CCN2CCCN(C(=O)C3CC=CCC3)CC2)n1.Cl. The molecule has 0 radical (unpaired) electrons. The van der Waals surface area contributed by atoms with Crippen molar-refractivity contribution in [3.8, 4) is 0 Å². The fourth-order valence-electron chi connectivity index (χ4n) is 3.83. The number of halogens is 1. The number of amides is 1. The van der Waals surface area contributed by atoms with Crippen LogP contribution in [0.3, 0.4) is 0 Å². The third-order valence-electron chi connectivity index (χ3n) is 5.25. The molecule has 0 bridgehead atoms. The second-order valence-electron chi connectivity index (χ2n) is 7.15. The van der Waals surface area contributed by atoms with Crippen LogP contribution in [0.15, 0.2) is 18.2 Å². The van der Waals surface area contributed by atoms with Crippen LogP contribution in [-0.4, -0.2) is 58.2 Å². The maximum Gasteiger partial charge on any atom is 0.226 e. The monoisotopic (exact) mass is 366 g/mol. The molecule has 2 aliphatic rings. The molecule has 2 heterocycles. The molecular weight excluding hydrogens is 336 g/mol. The second-order valence-corrected chi connectivity index (χ2v) is 7.15. The van der Waals surface area contributed by atoms with Gasteiger partial charge in [-0.2, -0.15) is 5.10 Å². The normalized spacial score (nSPS) is 21.7. The zero-order valence-corrected chi connectivity index (χ0v) is 16.3. The number of hydrogen-bond donors (Lipinski definition) is 0. The molecule has 1 aliphatic carbocycles. The third-order valence-corrected chi connectivity index (χ3v) is 5.25. The van der Waals surface area contributed by atoms with Crippen molar-refractivity contribution in [1.29, 1.82) is 0 Å². The molecule has 1 aliphatic heterocycles. The van der Waals surface area contributed by atoms with Gasteiger partial charge in [0.15, 0.2) is 0 Å². The molecule has 1 aromatic rings. The molecule has 5 nitrogen and oxygen atoms in total. The van der Waals surface area contributed by atoms with E-state index in [2.05, 4.69) is 44.7 Å². The van der Waals surface area contributed by atoms with Gasteiger partial charge >= 0.3 is 0 Å². The van der Waals surface area contributed by atoms with Crippen LogP contribution in [0.4, 0.5) is 0 Å². The molecule has 6 heteroatoms. The van der Waals surface area contributed by atoms with Crippen molar-refractivity contribution in [3.63, 3.8) is 0 Å². The summed E-state index contributed by atoms with van der Waals surface area (Å²) in [6.45, 7) is 9.94. The lowest BCUT2D eigenvalue weighted by Gasteiger charge is -2.27. The Balaban J connectivity index is 0.00000225. The van der Waals surface area contributed by atoms with Crippen molar-refractivity contribution in [2.75, 3.05) is 32.7 Å². The predicted octanol–water partition coefficient (Wildman–Crippen LogP) is 2.81. The number of carbonyl (C=O) groups excluding carboxylic acids is 1. The van der Waals surface area contributed by atoms with Crippen LogP contribution in [0.25, 0.3) is 0 Å². The highest BCUT2D eigenvalue weighted by atomic mass is 35.5. The molecule has 1 aromatic heterocycles. The minimum absolute atomic E-state index is 0. The number of rotatable bonds is 4. The standard InChI is InChI=1S/C19H30N4O.ClH/c1-16-15-17(2)23(20-16)14-12-21-9-6-10-22(13-11-21)19(24)18-7-4-3-5-8-18;/h3-4,15,18H,5-14H2,1-2H3;1H. The molecule has 3 rings (SSSR count). The molecular formula is C19H31ClN4O. The fourth-order valence-corrected chi connectivity index (χ4v) is 3.83. The summed E-state index contributed by atoms with van der Waals surface area (Å²) in [5.74, 6) is 0.594. The third kappa shape index (κ3) is 5.32. The molecule has 1 unspecified atom stereocenters. The largest absolute Gasteiger partial charge is 0.341 e. The average Bonchev–Trinajstić information content (AvgIpc) is 2.78. The van der Waals surface area contributed by atoms with Crippen LogP contribution in [-0.2, 0) is 11.3 Å². The first kappa shape index (κ1) is 20.0. The summed E-state index contributed by atoms with van der Waals surface area (Å²) >= 11 is 0. The van der Waals surface area contributed by atoms with Crippen molar-refractivity contribution in [2.45, 2.75) is 46.1 Å². The van der Waals surface area contributed by atoms with Crippen molar-refractivity contribution in [3.05, 3.63) is 29.6 Å². The first-order valence-corrected chi connectivity index (χ1v) is 9.30. The van der Waals surface area contributed by atoms with Crippen LogP contribution in [0.2, 0.25) is 0 Å². The molecule has 1 fully saturated rings. The van der Waals surface area contributed by atoms with Gasteiger partial charge in [0.25, 0.3) is 0 Å². The van der Waals surface area contributed by atoms with Gasteiger partial charge in [0.2, 0.25) is 5.91 Å². The van der Waals surface area contributed by atoms with Crippen molar-refractivity contribution >= 4 is 18.3 Å². The summed E-state index contributed by atoms with van der Waals surface area (Å²) in [6.07, 6.45) is 8.45. The average molecular weight is 367 g/mol. The number of nitrogens with zero attached hydrogens (tertiary/aromatic N) is 4. The van der Waals surface area contributed by atoms with Crippen molar-refractivity contribution in [2.24, 2.45) is 5.92 Å². The van der Waals surface area contributed by atoms with Gasteiger partial charge in [-0.15, -0.1) is 12.4 Å². The zero-order chi connectivity index (χ0) is 16.9. The summed E-state index contributed by atoms with van der Waals surface area (Å²) in [7, 11) is 0. The van der Waals surface area contributed by atoms with E-state index in [1.165, 1.54) is 5.69 Å². The second kappa shape index (κ2) is 9.39. The maximum absolute atomic E-state index is 12.7. The van der Waals surface area contributed by atoms with Gasteiger partial charge in [-0.1, -0.05) is 12.2 Å². The lowest BCUT2D eigenvalue weighted by Crippen LogP contribution is -2.39. The molecule has 25 heavy (non-hydrogen) atoms. The highest BCUT2D eigenvalue weighted by Gasteiger charge is 2.26. The number of allylic oxidation sites excluding steroid dienone is 2. The number of aryl methyl sites for hydroxylation is 2. The lowest BCUT2D eigenvalue weighted by atomic mass is 9.93. The Hall–Kier alpha value is -1.33. The first-order chi connectivity index (χ1) is 11.6. The Morgan fingerprint density at radius 2 is 2.00 bits per heavy atom. The molecule has 0 N–H and O–H groups in total. The van der Waals surface area contributed by atoms with E-state index in [0.29, 0.717) is 5.91 Å². The summed E-state index contributed by atoms with van der Waals surface area (Å²) in [4.78, 5) is 17.3. The molecule has 0 saturated carbocycles. The topological polar surface area (TPSA) is 41.4 Å². The van der Waals surface area contributed by atoms with Crippen LogP contribution in [0, 0.1) is 19.8 Å². The minimum atomic E-state index is 0. The van der Waals surface area contributed by atoms with Gasteiger partial charge in [0, 0.05) is 37.8 Å². The van der Waals surface area contributed by atoms with E-state index in [-0.39, 0.29) is 18.3 Å². The van der Waals surface area contributed by atoms with E-state index in [9.17, 15) is 4.79 Å². The Labute approximate surface area is 157 Å². The summed E-state index contributed by atoms with van der Waals surface area (Å²) in [5.41, 5.74) is 2.31. The molecule has 140 valence electrons. The number of hydrogen-bond acceptors (Lipinski definition) is 3. The van der Waals surface area contributed by atoms with Gasteiger partial charge < -0.3 is 4.90 Å². The molecule has 1 amide bonds. The Bertz CT molecular complexity index is 598. The van der Waals surface area contributed by atoms with Gasteiger partial charge in [0.05, 0.1) is 12.2 Å². The Morgan fingerprint density at radius 1 is 1.16 bits per heavy atom. The van der Waals surface area contributed by atoms with E-state index < -0.39 is 0 Å². The van der Waals surface area contributed by atoms with Gasteiger partial charge in [0.1, 0.15) is 0 Å². The van der Waals surface area contributed by atoms with Crippen molar-refractivity contribution in [1.82, 2.24) is 19.6 Å². The quantitative estimate of drug-likeness (QED) is 0.769. The van der Waals surface area contributed by atoms with Gasteiger partial charge in [-0.25, -0.2) is 0 Å². The summed E-state index contributed by atoms with van der Waals surface area (Å²) in [5, 5.41) is 4.54. The lowest BCUT2D eigenvalue weighted by molar-refractivity contribution is -0.135. The van der Waals surface area contributed by atoms with Crippen LogP contribution < -0.4 is 0 Å². The Kier molecular flexibility index (Phi) is 7.51. The van der Waals surface area contributed by atoms with Crippen molar-refractivity contribution < 1.29 is 4.79 Å². The van der Waals surface area contributed by atoms with Crippen LogP contribution in [0.1, 0.15) is 37.1 Å². The molecule has 1 saturated heterocycles. The Morgan fingerprint density at radius 3 is 2.68 bits per heavy atom. The first-order valence-electron chi connectivity index (χ1n) is 9.30. The smallest absolute Gasteiger partial charge is 0.226 e. The zero-order valence-electron chi connectivity index (χ0n) is 15.5. The summed E-state index contributed by atoms with van der Waals surface area (Å²) < 4.78 is 2.09. The minimum Gasteiger partial charge on any atom is -0.341 e. The molecule has 0 spiro atoms. The number of carbonyl (C=O) groups is 1. The van der Waals surface area contributed by atoms with E-state index in [4.69, 9.17) is 0 Å². The van der Waals surface area contributed by atoms with E-state index in [1.54, 1.807) is 0 Å². The van der Waals surface area contributed by atoms with Crippen LogP contribution in [0.5, 0.6) is 0 Å². The van der Waals surface area contributed by atoms with E-state index in [1.807, 2.05) is 6.92 Å². The van der Waals surface area contributed by atoms with E-state index in [0.717, 1.165) is 70.6 Å². The van der Waals surface area contributed by atoms with Gasteiger partial charge in [-0.05, 0) is 52.1 Å². The van der Waals surface area contributed by atoms with Gasteiger partial charge in [-0.3, -0.25) is 14.4 Å². The number of aromatic nitrogens is 2. The highest BCUT2D eigenvalue weighted by molar-refractivity contribution is 5.85. The predicted molar refractivity (Wildman–Crippen MR) is 103 cm³/mol. The molecule has 0 aromatic carbocycles. The van der Waals surface area contributed by atoms with Crippen LogP contribution >= 0.6 is 12.4 Å². The molecule has 1 atom stereocenters. The summed E-state index contributed by atoms with van der Waals surface area (Å²) in [6, 6.07) is 2.13. The maximum atomic E-state index is 12.7. The highest BCUT2D eigenvalue weighted by Crippen LogP contribution is 2.21. The van der Waals surface area contributed by atoms with E-state index >= 15 is 0 Å². The fraction of sp³-hybridized carbons (Fsp3) is 0.684.